The summed E-state index contributed by atoms with van der Waals surface area (Å²) in [7, 11) is 0. The fraction of sp³-hybridized carbons (Fsp3) is 0.333. The summed E-state index contributed by atoms with van der Waals surface area (Å²) in [5, 5.41) is 30.6. The van der Waals surface area contributed by atoms with Gasteiger partial charge in [0.2, 0.25) is 5.91 Å². The Morgan fingerprint density at radius 3 is 2.16 bits per heavy atom. The number of alkyl carbamates (subject to hydrolysis) is 1. The first kappa shape index (κ1) is 19.9. The Labute approximate surface area is 142 Å². The number of benzene rings is 1. The third-order valence-corrected chi connectivity index (χ3v) is 3.00. The maximum absolute atomic E-state index is 11.9. The highest BCUT2D eigenvalue weighted by molar-refractivity contribution is 5.90. The van der Waals surface area contributed by atoms with Gasteiger partial charge in [0.15, 0.2) is 0 Å². The van der Waals surface area contributed by atoms with Crippen molar-refractivity contribution in [3.8, 4) is 0 Å². The Morgan fingerprint density at radius 2 is 1.64 bits per heavy atom. The number of carboxylic acids is 2. The number of aliphatic carboxylic acids is 2. The highest BCUT2D eigenvalue weighted by Crippen LogP contribution is 2.01. The molecular formula is C15H18N2O8. The molecule has 2 amide bonds. The highest BCUT2D eigenvalue weighted by atomic mass is 16.5. The van der Waals surface area contributed by atoms with E-state index in [9.17, 15) is 19.2 Å². The van der Waals surface area contributed by atoms with Gasteiger partial charge in [0.25, 0.3) is 0 Å². The molecule has 0 saturated heterocycles. The van der Waals surface area contributed by atoms with Gasteiger partial charge in [-0.3, -0.25) is 9.59 Å². The summed E-state index contributed by atoms with van der Waals surface area (Å²) in [6, 6.07) is 5.52. The molecule has 5 N–H and O–H groups in total. The molecule has 0 aliphatic rings. The fourth-order valence-corrected chi connectivity index (χ4v) is 1.75. The number of carbonyl (C=O) groups excluding carboxylic acids is 2. The number of aliphatic hydroxyl groups excluding tert-OH is 1. The van der Waals surface area contributed by atoms with E-state index >= 15 is 0 Å². The first-order valence-electron chi connectivity index (χ1n) is 7.16. The van der Waals surface area contributed by atoms with Crippen LogP contribution in [0.1, 0.15) is 12.0 Å². The molecule has 10 heteroatoms. The minimum absolute atomic E-state index is 0.0663. The second-order valence-electron chi connectivity index (χ2n) is 4.94. The van der Waals surface area contributed by atoms with Crippen LogP contribution in [0.5, 0.6) is 0 Å². The average molecular weight is 354 g/mol. The van der Waals surface area contributed by atoms with Crippen molar-refractivity contribution in [2.24, 2.45) is 0 Å². The Morgan fingerprint density at radius 1 is 1.00 bits per heavy atom. The largest absolute Gasteiger partial charge is 0.481 e. The third-order valence-electron chi connectivity index (χ3n) is 3.00. The number of carboxylic acid groups (broad SMARTS) is 2. The third kappa shape index (κ3) is 7.31. The van der Waals surface area contributed by atoms with E-state index in [1.54, 1.807) is 30.3 Å². The van der Waals surface area contributed by atoms with E-state index in [-0.39, 0.29) is 6.61 Å². The van der Waals surface area contributed by atoms with Gasteiger partial charge in [-0.15, -0.1) is 0 Å². The van der Waals surface area contributed by atoms with Crippen LogP contribution in [0.15, 0.2) is 30.3 Å². The summed E-state index contributed by atoms with van der Waals surface area (Å²) in [4.78, 5) is 45.0. The van der Waals surface area contributed by atoms with E-state index in [4.69, 9.17) is 20.1 Å². The molecule has 136 valence electrons. The number of hydrogen-bond donors (Lipinski definition) is 5. The standard InChI is InChI=1S/C15H18N2O8/c18-7-11(13(21)16-10(14(22)23)6-12(19)20)17-15(24)25-8-9-4-2-1-3-5-9/h1-5,10-11,18H,6-8H2,(H,16,21)(H,17,24)(H,19,20)(H,22,23)/t10-,11-/m0/s1. The zero-order valence-electron chi connectivity index (χ0n) is 13.0. The van der Waals surface area contributed by atoms with Gasteiger partial charge in [0, 0.05) is 0 Å². The molecule has 1 rings (SSSR count). The van der Waals surface area contributed by atoms with Gasteiger partial charge in [0.1, 0.15) is 18.7 Å². The van der Waals surface area contributed by atoms with E-state index in [1.807, 2.05) is 5.32 Å². The normalized spacial score (nSPS) is 12.5. The van der Waals surface area contributed by atoms with Crippen LogP contribution in [0.3, 0.4) is 0 Å². The maximum atomic E-state index is 11.9. The lowest BCUT2D eigenvalue weighted by molar-refractivity contribution is -0.147. The van der Waals surface area contributed by atoms with E-state index in [0.29, 0.717) is 5.56 Å². The number of aliphatic hydroxyl groups is 1. The van der Waals surface area contributed by atoms with Gasteiger partial charge >= 0.3 is 18.0 Å². The number of rotatable bonds is 9. The van der Waals surface area contributed by atoms with Crippen molar-refractivity contribution in [2.45, 2.75) is 25.1 Å². The highest BCUT2D eigenvalue weighted by Gasteiger charge is 2.28. The van der Waals surface area contributed by atoms with E-state index in [1.165, 1.54) is 0 Å². The lowest BCUT2D eigenvalue weighted by Crippen LogP contribution is -2.53. The molecule has 25 heavy (non-hydrogen) atoms. The van der Waals surface area contributed by atoms with Crippen LogP contribution < -0.4 is 10.6 Å². The Balaban J connectivity index is 2.55. The first-order chi connectivity index (χ1) is 11.8. The molecule has 0 radical (unpaired) electrons. The fourth-order valence-electron chi connectivity index (χ4n) is 1.75. The second kappa shape index (κ2) is 9.88. The van der Waals surface area contributed by atoms with Crippen molar-refractivity contribution < 1.29 is 39.2 Å². The molecule has 0 saturated carbocycles. The summed E-state index contributed by atoms with van der Waals surface area (Å²) in [5.41, 5.74) is 0.704. The molecule has 10 nitrogen and oxygen atoms in total. The predicted octanol–water partition coefficient (Wildman–Crippen LogP) is -0.682. The molecule has 0 bridgehead atoms. The van der Waals surface area contributed by atoms with Gasteiger partial charge in [-0.05, 0) is 5.56 Å². The van der Waals surface area contributed by atoms with Crippen LogP contribution in [0.4, 0.5) is 4.79 Å². The van der Waals surface area contributed by atoms with Crippen molar-refractivity contribution in [1.82, 2.24) is 10.6 Å². The number of ether oxygens (including phenoxy) is 1. The smallest absolute Gasteiger partial charge is 0.408 e. The van der Waals surface area contributed by atoms with Gasteiger partial charge in [-0.25, -0.2) is 9.59 Å². The van der Waals surface area contributed by atoms with Crippen molar-refractivity contribution >= 4 is 23.9 Å². The quantitative estimate of drug-likeness (QED) is 0.389. The SMILES string of the molecule is O=C(O)C[C@H](NC(=O)[C@H](CO)NC(=O)OCc1ccccc1)C(=O)O. The van der Waals surface area contributed by atoms with Crippen LogP contribution in [-0.4, -0.2) is 57.9 Å². The predicted molar refractivity (Wildman–Crippen MR) is 82.5 cm³/mol. The Hall–Kier alpha value is -3.14. The molecule has 0 aliphatic heterocycles. The van der Waals surface area contributed by atoms with Gasteiger partial charge < -0.3 is 30.7 Å². The van der Waals surface area contributed by atoms with Crippen LogP contribution in [0.25, 0.3) is 0 Å². The first-order valence-corrected chi connectivity index (χ1v) is 7.16. The lowest BCUT2D eigenvalue weighted by Gasteiger charge is -2.19. The molecule has 0 aromatic heterocycles. The zero-order valence-corrected chi connectivity index (χ0v) is 13.0. The van der Waals surface area contributed by atoms with Gasteiger partial charge in [-0.2, -0.15) is 0 Å². The molecular weight excluding hydrogens is 336 g/mol. The molecule has 2 atom stereocenters. The van der Waals surface area contributed by atoms with Crippen LogP contribution in [0, 0.1) is 0 Å². The molecule has 0 heterocycles. The number of nitrogens with one attached hydrogen (secondary N) is 2. The zero-order chi connectivity index (χ0) is 18.8. The lowest BCUT2D eigenvalue weighted by atomic mass is 10.2. The summed E-state index contributed by atoms with van der Waals surface area (Å²) < 4.78 is 4.88. The Bertz CT molecular complexity index is 619. The molecule has 0 aliphatic carbocycles. The summed E-state index contributed by atoms with van der Waals surface area (Å²) in [5.74, 6) is -4.03. The monoisotopic (exact) mass is 354 g/mol. The number of amides is 2. The van der Waals surface area contributed by atoms with Gasteiger partial charge in [0.05, 0.1) is 13.0 Å². The number of carbonyl (C=O) groups is 4. The Kier molecular flexibility index (Phi) is 7.87. The van der Waals surface area contributed by atoms with Crippen molar-refractivity contribution in [3.05, 3.63) is 35.9 Å². The second-order valence-corrected chi connectivity index (χ2v) is 4.94. The van der Waals surface area contributed by atoms with Crippen molar-refractivity contribution in [3.63, 3.8) is 0 Å². The average Bonchev–Trinajstić information content (AvgIpc) is 2.57. The van der Waals surface area contributed by atoms with Crippen molar-refractivity contribution in [1.29, 1.82) is 0 Å². The van der Waals surface area contributed by atoms with Crippen LogP contribution in [-0.2, 0) is 25.7 Å². The molecule has 0 fully saturated rings. The molecule has 1 aromatic rings. The van der Waals surface area contributed by atoms with E-state index < -0.39 is 49.1 Å². The maximum Gasteiger partial charge on any atom is 0.408 e. The van der Waals surface area contributed by atoms with E-state index in [2.05, 4.69) is 5.32 Å². The summed E-state index contributed by atoms with van der Waals surface area (Å²) in [6.45, 7) is -0.894. The summed E-state index contributed by atoms with van der Waals surface area (Å²) in [6.07, 6.45) is -1.85. The van der Waals surface area contributed by atoms with Crippen LogP contribution in [0.2, 0.25) is 0 Å². The van der Waals surface area contributed by atoms with Crippen molar-refractivity contribution in [2.75, 3.05) is 6.61 Å². The molecule has 0 unspecified atom stereocenters. The van der Waals surface area contributed by atoms with Crippen LogP contribution >= 0.6 is 0 Å². The number of hydrogen-bond acceptors (Lipinski definition) is 6. The minimum Gasteiger partial charge on any atom is -0.481 e. The minimum atomic E-state index is -1.69. The van der Waals surface area contributed by atoms with Gasteiger partial charge in [-0.1, -0.05) is 30.3 Å². The topological polar surface area (TPSA) is 162 Å². The molecule has 0 spiro atoms. The summed E-state index contributed by atoms with van der Waals surface area (Å²) >= 11 is 0. The molecule has 1 aromatic carbocycles. The van der Waals surface area contributed by atoms with E-state index in [0.717, 1.165) is 0 Å².